The van der Waals surface area contributed by atoms with E-state index in [1.54, 1.807) is 0 Å². The van der Waals surface area contributed by atoms with Crippen LogP contribution in [0.25, 0.3) is 11.3 Å². The van der Waals surface area contributed by atoms with Crippen molar-refractivity contribution >= 4 is 5.82 Å². The predicted molar refractivity (Wildman–Crippen MR) is 71.9 cm³/mol. The number of aromatic amines is 1. The summed E-state index contributed by atoms with van der Waals surface area (Å²) < 4.78 is 0. The number of nitrogens with one attached hydrogen (secondary N) is 1. The van der Waals surface area contributed by atoms with Gasteiger partial charge in [0.1, 0.15) is 5.82 Å². The summed E-state index contributed by atoms with van der Waals surface area (Å²) in [5.41, 5.74) is 10.3. The SMILES string of the molecule is CCC(C)c1ccc(-c2[nH]nc(N)c2C)cc1. The number of hydrogen-bond acceptors (Lipinski definition) is 2. The van der Waals surface area contributed by atoms with Crippen molar-refractivity contribution in [3.63, 3.8) is 0 Å². The molecule has 2 rings (SSSR count). The van der Waals surface area contributed by atoms with Gasteiger partial charge in [0, 0.05) is 5.56 Å². The summed E-state index contributed by atoms with van der Waals surface area (Å²) in [6.45, 7) is 6.43. The van der Waals surface area contributed by atoms with E-state index in [4.69, 9.17) is 5.73 Å². The van der Waals surface area contributed by atoms with Crippen molar-refractivity contribution in [1.29, 1.82) is 0 Å². The number of nitrogens with two attached hydrogens (primary N) is 1. The molecule has 3 nitrogen and oxygen atoms in total. The zero-order valence-corrected chi connectivity index (χ0v) is 10.6. The molecule has 3 N–H and O–H groups in total. The molecule has 1 aromatic carbocycles. The van der Waals surface area contributed by atoms with Crippen molar-refractivity contribution in [2.24, 2.45) is 0 Å². The fourth-order valence-electron chi connectivity index (χ4n) is 1.91. The van der Waals surface area contributed by atoms with Crippen molar-refractivity contribution in [2.45, 2.75) is 33.1 Å². The number of H-pyrrole nitrogens is 1. The number of nitrogens with zero attached hydrogens (tertiary/aromatic N) is 1. The first kappa shape index (κ1) is 11.7. The third kappa shape index (κ3) is 2.18. The Balaban J connectivity index is 2.32. The van der Waals surface area contributed by atoms with E-state index in [9.17, 15) is 0 Å². The number of nitrogen functional groups attached to an aromatic ring is 1. The Morgan fingerprint density at radius 1 is 1.29 bits per heavy atom. The van der Waals surface area contributed by atoms with Crippen LogP contribution in [0.2, 0.25) is 0 Å². The monoisotopic (exact) mass is 229 g/mol. The average Bonchev–Trinajstić information content (AvgIpc) is 2.69. The van der Waals surface area contributed by atoms with Crippen LogP contribution in [0.3, 0.4) is 0 Å². The maximum Gasteiger partial charge on any atom is 0.148 e. The lowest BCUT2D eigenvalue weighted by atomic mass is 9.96. The van der Waals surface area contributed by atoms with Gasteiger partial charge in [-0.05, 0) is 30.4 Å². The van der Waals surface area contributed by atoms with Gasteiger partial charge in [-0.3, -0.25) is 5.10 Å². The Morgan fingerprint density at radius 3 is 2.41 bits per heavy atom. The van der Waals surface area contributed by atoms with Crippen molar-refractivity contribution < 1.29 is 0 Å². The largest absolute Gasteiger partial charge is 0.382 e. The van der Waals surface area contributed by atoms with Gasteiger partial charge in [-0.15, -0.1) is 0 Å². The molecule has 0 aliphatic rings. The highest BCUT2D eigenvalue weighted by Gasteiger charge is 2.09. The van der Waals surface area contributed by atoms with Crippen LogP contribution in [0.15, 0.2) is 24.3 Å². The topological polar surface area (TPSA) is 54.7 Å². The van der Waals surface area contributed by atoms with Gasteiger partial charge in [-0.1, -0.05) is 38.1 Å². The molecule has 90 valence electrons. The summed E-state index contributed by atoms with van der Waals surface area (Å²) in [6.07, 6.45) is 1.16. The molecule has 1 atom stereocenters. The lowest BCUT2D eigenvalue weighted by Gasteiger charge is -2.09. The normalized spacial score (nSPS) is 12.6. The summed E-state index contributed by atoms with van der Waals surface area (Å²) in [7, 11) is 0. The first-order chi connectivity index (χ1) is 8.13. The Kier molecular flexibility index (Phi) is 3.18. The van der Waals surface area contributed by atoms with Crippen molar-refractivity contribution in [3.8, 4) is 11.3 Å². The fourth-order valence-corrected chi connectivity index (χ4v) is 1.91. The third-order valence-corrected chi connectivity index (χ3v) is 3.43. The standard InChI is InChI=1S/C14H19N3/c1-4-9(2)11-5-7-12(8-6-11)13-10(3)14(15)17-16-13/h5-9H,4H2,1-3H3,(H3,15,16,17). The maximum absolute atomic E-state index is 5.74. The second-order valence-corrected chi connectivity index (χ2v) is 4.54. The molecule has 0 radical (unpaired) electrons. The summed E-state index contributed by atoms with van der Waals surface area (Å²) >= 11 is 0. The predicted octanol–water partition coefficient (Wildman–Crippen LogP) is 3.48. The average molecular weight is 229 g/mol. The van der Waals surface area contributed by atoms with Crippen LogP contribution in [0.5, 0.6) is 0 Å². The zero-order chi connectivity index (χ0) is 12.4. The molecule has 0 spiro atoms. The highest BCUT2D eigenvalue weighted by molar-refractivity contribution is 5.67. The van der Waals surface area contributed by atoms with E-state index in [2.05, 4.69) is 48.3 Å². The molecule has 1 unspecified atom stereocenters. The van der Waals surface area contributed by atoms with Gasteiger partial charge < -0.3 is 5.73 Å². The molecule has 0 bridgehead atoms. The zero-order valence-electron chi connectivity index (χ0n) is 10.6. The van der Waals surface area contributed by atoms with E-state index in [0.717, 1.165) is 23.2 Å². The molecule has 2 aromatic rings. The van der Waals surface area contributed by atoms with Crippen LogP contribution in [0.4, 0.5) is 5.82 Å². The van der Waals surface area contributed by atoms with Crippen LogP contribution >= 0.6 is 0 Å². The summed E-state index contributed by atoms with van der Waals surface area (Å²) in [6, 6.07) is 8.61. The Bertz CT molecular complexity index is 497. The van der Waals surface area contributed by atoms with E-state index in [1.165, 1.54) is 5.56 Å². The van der Waals surface area contributed by atoms with Gasteiger partial charge in [0.05, 0.1) is 5.69 Å². The van der Waals surface area contributed by atoms with Crippen LogP contribution in [-0.4, -0.2) is 10.2 Å². The van der Waals surface area contributed by atoms with Crippen LogP contribution < -0.4 is 5.73 Å². The molecule has 0 aliphatic heterocycles. The maximum atomic E-state index is 5.74. The smallest absolute Gasteiger partial charge is 0.148 e. The fraction of sp³-hybridized carbons (Fsp3) is 0.357. The van der Waals surface area contributed by atoms with Crippen molar-refractivity contribution in [1.82, 2.24) is 10.2 Å². The minimum atomic E-state index is 0.575. The van der Waals surface area contributed by atoms with Gasteiger partial charge in [0.2, 0.25) is 0 Å². The molecule has 3 heteroatoms. The van der Waals surface area contributed by atoms with Gasteiger partial charge >= 0.3 is 0 Å². The lowest BCUT2D eigenvalue weighted by molar-refractivity contribution is 0.734. The Morgan fingerprint density at radius 2 is 1.94 bits per heavy atom. The number of hydrogen-bond donors (Lipinski definition) is 2. The minimum absolute atomic E-state index is 0.575. The van der Waals surface area contributed by atoms with Crippen LogP contribution in [-0.2, 0) is 0 Å². The molecule has 0 fully saturated rings. The Labute approximate surface area is 102 Å². The summed E-state index contributed by atoms with van der Waals surface area (Å²) in [5.74, 6) is 1.18. The highest BCUT2D eigenvalue weighted by Crippen LogP contribution is 2.26. The van der Waals surface area contributed by atoms with E-state index >= 15 is 0 Å². The van der Waals surface area contributed by atoms with E-state index in [1.807, 2.05) is 6.92 Å². The lowest BCUT2D eigenvalue weighted by Crippen LogP contribution is -1.91. The molecule has 0 saturated heterocycles. The quantitative estimate of drug-likeness (QED) is 0.846. The molecule has 1 aromatic heterocycles. The number of anilines is 1. The second kappa shape index (κ2) is 4.62. The first-order valence-electron chi connectivity index (χ1n) is 6.04. The molecule has 17 heavy (non-hydrogen) atoms. The van der Waals surface area contributed by atoms with Gasteiger partial charge in [-0.25, -0.2) is 0 Å². The van der Waals surface area contributed by atoms with Crippen molar-refractivity contribution in [3.05, 3.63) is 35.4 Å². The molecule has 0 saturated carbocycles. The molecular weight excluding hydrogens is 210 g/mol. The summed E-state index contributed by atoms with van der Waals surface area (Å²) in [5, 5.41) is 7.00. The molecule has 1 heterocycles. The van der Waals surface area contributed by atoms with Crippen LogP contribution in [0, 0.1) is 6.92 Å². The van der Waals surface area contributed by atoms with E-state index < -0.39 is 0 Å². The molecule has 0 aliphatic carbocycles. The minimum Gasteiger partial charge on any atom is -0.382 e. The molecular formula is C14H19N3. The second-order valence-electron chi connectivity index (χ2n) is 4.54. The van der Waals surface area contributed by atoms with Gasteiger partial charge in [-0.2, -0.15) is 5.10 Å². The molecule has 0 amide bonds. The Hall–Kier alpha value is -1.77. The van der Waals surface area contributed by atoms with E-state index in [-0.39, 0.29) is 0 Å². The highest BCUT2D eigenvalue weighted by atomic mass is 15.2. The number of benzene rings is 1. The van der Waals surface area contributed by atoms with Crippen molar-refractivity contribution in [2.75, 3.05) is 5.73 Å². The number of rotatable bonds is 3. The third-order valence-electron chi connectivity index (χ3n) is 3.43. The van der Waals surface area contributed by atoms with E-state index in [0.29, 0.717) is 11.7 Å². The summed E-state index contributed by atoms with van der Waals surface area (Å²) in [4.78, 5) is 0. The number of aromatic nitrogens is 2. The first-order valence-corrected chi connectivity index (χ1v) is 6.04. The van der Waals surface area contributed by atoms with Gasteiger partial charge in [0.15, 0.2) is 0 Å². The van der Waals surface area contributed by atoms with Gasteiger partial charge in [0.25, 0.3) is 0 Å². The van der Waals surface area contributed by atoms with Crippen LogP contribution in [0.1, 0.15) is 37.3 Å².